The van der Waals surface area contributed by atoms with Crippen LogP contribution >= 0.6 is 0 Å². The van der Waals surface area contributed by atoms with Gasteiger partial charge >= 0.3 is 11.9 Å². The molecule has 4 bridgehead atoms. The second-order valence-corrected chi connectivity index (χ2v) is 11.1. The molecule has 4 saturated carbocycles. The number of aliphatic carboxylic acids is 1. The molecule has 0 heterocycles. The van der Waals surface area contributed by atoms with Gasteiger partial charge in [-0.1, -0.05) is 27.7 Å². The van der Waals surface area contributed by atoms with E-state index in [2.05, 4.69) is 33.0 Å². The zero-order valence-electron chi connectivity index (χ0n) is 21.1. The molecule has 0 aliphatic heterocycles. The molecular weight excluding hydrogens is 438 g/mol. The second-order valence-electron chi connectivity index (χ2n) is 11.1. The Morgan fingerprint density at radius 1 is 0.794 bits per heavy atom. The Bertz CT molecular complexity index is 724. The van der Waals surface area contributed by atoms with Crippen LogP contribution in [0.15, 0.2) is 0 Å². The van der Waals surface area contributed by atoms with Gasteiger partial charge in [0, 0.05) is 5.92 Å². The average molecular weight is 482 g/mol. The van der Waals surface area contributed by atoms with E-state index in [1.54, 1.807) is 0 Å². The summed E-state index contributed by atoms with van der Waals surface area (Å²) in [6.45, 7) is 9.79. The molecule has 0 radical (unpaired) electrons. The van der Waals surface area contributed by atoms with Crippen LogP contribution in [0.5, 0.6) is 0 Å². The van der Waals surface area contributed by atoms with E-state index in [1.807, 2.05) is 0 Å². The van der Waals surface area contributed by atoms with Gasteiger partial charge in [-0.3, -0.25) is 14.4 Å². The maximum absolute atomic E-state index is 12.0. The smallest absolute Gasteiger partial charge is 0.322 e. The summed E-state index contributed by atoms with van der Waals surface area (Å²) in [5.74, 6) is 4.17. The number of ether oxygens (including phenoxy) is 2. The maximum Gasteiger partial charge on any atom is 0.322 e. The third-order valence-corrected chi connectivity index (χ3v) is 9.55. The molecule has 8 nitrogen and oxygen atoms in total. The number of aliphatic hydroxyl groups is 1. The number of carbonyl (C=O) groups is 3. The number of aliphatic hydroxyl groups excluding tert-OH is 1. The van der Waals surface area contributed by atoms with E-state index in [0.717, 1.165) is 25.2 Å². The molecule has 10 atom stereocenters. The van der Waals surface area contributed by atoms with Gasteiger partial charge in [-0.05, 0) is 73.0 Å². The van der Waals surface area contributed by atoms with Gasteiger partial charge in [-0.15, -0.1) is 0 Å². The van der Waals surface area contributed by atoms with Gasteiger partial charge in [0.1, 0.15) is 13.2 Å². The van der Waals surface area contributed by atoms with Crippen molar-refractivity contribution in [3.05, 3.63) is 0 Å². The molecule has 4 aliphatic rings. The lowest BCUT2D eigenvalue weighted by Gasteiger charge is -2.30. The van der Waals surface area contributed by atoms with Crippen LogP contribution in [0.3, 0.4) is 0 Å². The zero-order chi connectivity index (χ0) is 25.0. The predicted octanol–water partition coefficient (Wildman–Crippen LogP) is 2.58. The highest BCUT2D eigenvalue weighted by Crippen LogP contribution is 2.56. The molecule has 1 amide bonds. The van der Waals surface area contributed by atoms with E-state index < -0.39 is 5.97 Å². The molecule has 3 N–H and O–H groups in total. The van der Waals surface area contributed by atoms with E-state index in [9.17, 15) is 14.4 Å². The van der Waals surface area contributed by atoms with E-state index in [4.69, 9.17) is 19.7 Å². The summed E-state index contributed by atoms with van der Waals surface area (Å²) in [5, 5.41) is 19.6. The first-order valence-corrected chi connectivity index (χ1v) is 13.0. The van der Waals surface area contributed by atoms with Crippen molar-refractivity contribution in [3.8, 4) is 0 Å². The normalized spacial score (nSPS) is 39.4. The predicted molar refractivity (Wildman–Crippen MR) is 126 cm³/mol. The summed E-state index contributed by atoms with van der Waals surface area (Å²) >= 11 is 0. The number of esters is 1. The third kappa shape index (κ3) is 5.93. The van der Waals surface area contributed by atoms with Crippen molar-refractivity contribution >= 4 is 17.8 Å². The first-order chi connectivity index (χ1) is 16.1. The molecule has 0 aromatic carbocycles. The molecular formula is C26H43NO7. The van der Waals surface area contributed by atoms with Crippen LogP contribution in [0.4, 0.5) is 0 Å². The van der Waals surface area contributed by atoms with Crippen LogP contribution in [0.25, 0.3) is 0 Å². The lowest BCUT2D eigenvalue weighted by atomic mass is 9.75. The van der Waals surface area contributed by atoms with E-state index in [-0.39, 0.29) is 36.9 Å². The fraction of sp³-hybridized carbons (Fsp3) is 0.885. The summed E-state index contributed by atoms with van der Waals surface area (Å²) < 4.78 is 10.3. The lowest BCUT2D eigenvalue weighted by molar-refractivity contribution is -0.153. The van der Waals surface area contributed by atoms with Crippen molar-refractivity contribution < 1.29 is 34.1 Å². The maximum atomic E-state index is 12.0. The highest BCUT2D eigenvalue weighted by Gasteiger charge is 2.52. The van der Waals surface area contributed by atoms with E-state index in [1.165, 1.54) is 6.42 Å². The van der Waals surface area contributed by atoms with Crippen molar-refractivity contribution in [3.63, 3.8) is 0 Å². The topological polar surface area (TPSA) is 122 Å². The van der Waals surface area contributed by atoms with Crippen LogP contribution in [0.2, 0.25) is 0 Å². The van der Waals surface area contributed by atoms with Gasteiger partial charge in [-0.25, -0.2) is 0 Å². The molecule has 8 heteroatoms. The molecule has 34 heavy (non-hydrogen) atoms. The van der Waals surface area contributed by atoms with Crippen molar-refractivity contribution in [1.82, 2.24) is 5.32 Å². The molecule has 0 aromatic heterocycles. The first-order valence-electron chi connectivity index (χ1n) is 13.0. The van der Waals surface area contributed by atoms with Crippen LogP contribution in [-0.4, -0.2) is 61.0 Å². The largest absolute Gasteiger partial charge is 0.480 e. The monoisotopic (exact) mass is 481 g/mol. The van der Waals surface area contributed by atoms with Crippen LogP contribution in [0, 0.1) is 59.2 Å². The fourth-order valence-electron chi connectivity index (χ4n) is 7.22. The molecule has 10 unspecified atom stereocenters. The minimum Gasteiger partial charge on any atom is -0.480 e. The minimum absolute atomic E-state index is 0.00965. The molecule has 4 rings (SSSR count). The number of carboxylic acids is 1. The Balaban J connectivity index is 0.000000192. The number of hydrogen-bond acceptors (Lipinski definition) is 6. The SMILES string of the molecule is CC1C2CC(C(=O)NCC(=O)O)C(C2)C1C.CC1C2CC(C(=O)OCCOCCO)C(C2)C1C. The Morgan fingerprint density at radius 3 is 1.85 bits per heavy atom. The quantitative estimate of drug-likeness (QED) is 0.342. The van der Waals surface area contributed by atoms with E-state index >= 15 is 0 Å². The molecule has 0 spiro atoms. The number of hydrogen-bond donors (Lipinski definition) is 3. The lowest BCUT2D eigenvalue weighted by Crippen LogP contribution is -2.39. The van der Waals surface area contributed by atoms with Crippen LogP contribution < -0.4 is 5.32 Å². The third-order valence-electron chi connectivity index (χ3n) is 9.55. The number of carboxylic acid groups (broad SMARTS) is 1. The van der Waals surface area contributed by atoms with E-state index in [0.29, 0.717) is 61.2 Å². The number of rotatable bonds is 9. The highest BCUT2D eigenvalue weighted by molar-refractivity contribution is 5.83. The molecule has 0 saturated heterocycles. The van der Waals surface area contributed by atoms with Crippen molar-refractivity contribution in [1.29, 1.82) is 0 Å². The van der Waals surface area contributed by atoms with Gasteiger partial charge in [0.05, 0.1) is 25.7 Å². The van der Waals surface area contributed by atoms with Crippen molar-refractivity contribution in [2.45, 2.75) is 53.4 Å². The summed E-state index contributed by atoms with van der Waals surface area (Å²) in [4.78, 5) is 34.2. The fourth-order valence-corrected chi connectivity index (χ4v) is 7.22. The van der Waals surface area contributed by atoms with Gasteiger partial charge < -0.3 is 25.0 Å². The average Bonchev–Trinajstić information content (AvgIpc) is 3.56. The highest BCUT2D eigenvalue weighted by atomic mass is 16.6. The standard InChI is InChI=1S/C14H24O4.C12H19NO3/c1-9-10(2)12-7-11(9)8-13(12)14(16)18-6-5-17-4-3-15;1-6-7(2)9-3-8(6)4-10(9)12(16)13-5-11(14)15/h9-13,15H,3-8H2,1-2H3;6-10H,3-5H2,1-2H3,(H,13,16)(H,14,15). The Labute approximate surface area is 203 Å². The van der Waals surface area contributed by atoms with Gasteiger partial charge in [-0.2, -0.15) is 0 Å². The van der Waals surface area contributed by atoms with Gasteiger partial charge in [0.15, 0.2) is 0 Å². The van der Waals surface area contributed by atoms with Crippen molar-refractivity contribution in [2.24, 2.45) is 59.2 Å². The second kappa shape index (κ2) is 11.8. The first kappa shape index (κ1) is 26.9. The van der Waals surface area contributed by atoms with Crippen molar-refractivity contribution in [2.75, 3.05) is 33.0 Å². The number of fused-ring (bicyclic) bond motifs is 4. The van der Waals surface area contributed by atoms with Crippen LogP contribution in [-0.2, 0) is 23.9 Å². The molecule has 4 aliphatic carbocycles. The van der Waals surface area contributed by atoms with Gasteiger partial charge in [0.2, 0.25) is 5.91 Å². The Kier molecular flexibility index (Phi) is 9.38. The Hall–Kier alpha value is -1.67. The zero-order valence-corrected chi connectivity index (χ0v) is 21.1. The summed E-state index contributed by atoms with van der Waals surface area (Å²) in [5.41, 5.74) is 0. The number of nitrogens with one attached hydrogen (secondary N) is 1. The van der Waals surface area contributed by atoms with Gasteiger partial charge in [0.25, 0.3) is 0 Å². The number of carbonyl (C=O) groups excluding carboxylic acids is 2. The molecule has 194 valence electrons. The summed E-state index contributed by atoms with van der Waals surface area (Å²) in [6, 6.07) is 0. The number of amides is 1. The molecule has 4 fully saturated rings. The Morgan fingerprint density at radius 2 is 1.35 bits per heavy atom. The minimum atomic E-state index is -0.974. The summed E-state index contributed by atoms with van der Waals surface area (Å²) in [7, 11) is 0. The molecule has 0 aromatic rings. The van der Waals surface area contributed by atoms with Crippen LogP contribution in [0.1, 0.15) is 53.4 Å². The summed E-state index contributed by atoms with van der Waals surface area (Å²) in [6.07, 6.45) is 4.30.